The van der Waals surface area contributed by atoms with Gasteiger partial charge in [0.25, 0.3) is 17.4 Å². The third-order valence-corrected chi connectivity index (χ3v) is 8.13. The summed E-state index contributed by atoms with van der Waals surface area (Å²) in [6.45, 7) is 4.80. The van der Waals surface area contributed by atoms with E-state index in [-0.39, 0.29) is 67.1 Å². The molecule has 0 saturated carbocycles. The van der Waals surface area contributed by atoms with Gasteiger partial charge < -0.3 is 19.7 Å². The lowest BCUT2D eigenvalue weighted by Crippen LogP contribution is -2.43. The number of carbonyl (C=O) groups is 1. The molecule has 3 aromatic heterocycles. The van der Waals surface area contributed by atoms with Crippen molar-refractivity contribution >= 4 is 33.5 Å². The molecular weight excluding hydrogens is 540 g/mol. The number of hydrogen-bond donors (Lipinski definition) is 1. The van der Waals surface area contributed by atoms with Gasteiger partial charge >= 0.3 is 0 Å². The first-order valence-electron chi connectivity index (χ1n) is 14.3. The zero-order valence-corrected chi connectivity index (χ0v) is 23.6. The van der Waals surface area contributed by atoms with E-state index in [4.69, 9.17) is 4.98 Å². The minimum Gasteiger partial charge on any atom is -0.356 e. The van der Waals surface area contributed by atoms with Gasteiger partial charge in [0, 0.05) is 57.1 Å². The van der Waals surface area contributed by atoms with Gasteiger partial charge in [-0.05, 0) is 31.3 Å². The molecule has 218 valence electrons. The summed E-state index contributed by atoms with van der Waals surface area (Å²) in [5.74, 6) is 3.38. The molecule has 1 amide bonds. The molecule has 2 aliphatic rings. The van der Waals surface area contributed by atoms with Crippen molar-refractivity contribution in [3.8, 4) is 11.8 Å². The van der Waals surface area contributed by atoms with Gasteiger partial charge in [-0.2, -0.15) is 0 Å². The van der Waals surface area contributed by atoms with Crippen molar-refractivity contribution in [2.75, 3.05) is 44.2 Å². The second-order valence-electron chi connectivity index (χ2n) is 10.8. The summed E-state index contributed by atoms with van der Waals surface area (Å²) >= 11 is 0. The summed E-state index contributed by atoms with van der Waals surface area (Å²) in [4.78, 5) is 41.2. The normalized spacial score (nSPS) is 17.2. The third-order valence-electron chi connectivity index (χ3n) is 8.13. The zero-order chi connectivity index (χ0) is 29.3. The van der Waals surface area contributed by atoms with Gasteiger partial charge in [0.05, 0.1) is 25.1 Å². The van der Waals surface area contributed by atoms with Crippen LogP contribution in [0.15, 0.2) is 47.7 Å². The lowest BCUT2D eigenvalue weighted by atomic mass is 10.1. The molecule has 0 unspecified atom stereocenters. The lowest BCUT2D eigenvalue weighted by Gasteiger charge is -2.32. The molecule has 0 bridgehead atoms. The average Bonchev–Trinajstić information content (AvgIpc) is 3.11. The Morgan fingerprint density at radius 2 is 1.88 bits per heavy atom. The molecule has 9 nitrogen and oxygen atoms in total. The summed E-state index contributed by atoms with van der Waals surface area (Å²) in [5.41, 5.74) is 1.24. The molecule has 0 radical (unpaired) electrons. The highest BCUT2D eigenvalue weighted by Crippen LogP contribution is 2.35. The van der Waals surface area contributed by atoms with Gasteiger partial charge in [-0.3, -0.25) is 19.1 Å². The Balaban J connectivity index is 1.53. The van der Waals surface area contributed by atoms with E-state index < -0.39 is 5.92 Å². The summed E-state index contributed by atoms with van der Waals surface area (Å²) < 4.78 is 31.3. The maximum absolute atomic E-state index is 14.2. The van der Waals surface area contributed by atoms with Crippen molar-refractivity contribution in [2.24, 2.45) is 0 Å². The van der Waals surface area contributed by atoms with Gasteiger partial charge in [-0.15, -0.1) is 5.92 Å². The van der Waals surface area contributed by atoms with Gasteiger partial charge in [-0.25, -0.2) is 13.8 Å². The van der Waals surface area contributed by atoms with Crippen LogP contribution in [0, 0.1) is 11.8 Å². The van der Waals surface area contributed by atoms with E-state index in [1.807, 2.05) is 30.3 Å². The molecule has 1 aromatic carbocycles. The molecule has 4 aromatic rings. The fourth-order valence-corrected chi connectivity index (χ4v) is 5.92. The van der Waals surface area contributed by atoms with E-state index in [1.54, 1.807) is 17.7 Å². The number of piperidine rings is 1. The number of rotatable bonds is 5. The Hall–Kier alpha value is -4.30. The predicted octanol–water partition coefficient (Wildman–Crippen LogP) is 3.49. The minimum atomic E-state index is -2.79. The number of fused-ring (bicyclic) bond motifs is 2. The first-order chi connectivity index (χ1) is 20.4. The molecule has 1 N–H and O–H groups in total. The Kier molecular flexibility index (Phi) is 7.64. The van der Waals surface area contributed by atoms with E-state index in [1.165, 1.54) is 15.8 Å². The molecule has 0 spiro atoms. The Labute approximate surface area is 242 Å². The molecule has 0 atom stereocenters. The van der Waals surface area contributed by atoms with E-state index in [2.05, 4.69) is 27.0 Å². The highest BCUT2D eigenvalue weighted by Gasteiger charge is 2.38. The number of pyridine rings is 1. The summed E-state index contributed by atoms with van der Waals surface area (Å²) in [6, 6.07) is 9.78. The van der Waals surface area contributed by atoms with Crippen LogP contribution in [0.3, 0.4) is 0 Å². The van der Waals surface area contributed by atoms with Crippen molar-refractivity contribution in [3.63, 3.8) is 0 Å². The topological polar surface area (TPSA) is 88.3 Å². The minimum absolute atomic E-state index is 0.0575. The van der Waals surface area contributed by atoms with Gasteiger partial charge in [0.1, 0.15) is 22.4 Å². The standard InChI is InChI=1S/C31H33F2N7O2/c1-2-3-16-40-27-26(36-21-39(30(27)42)20-24-23-8-5-4-7-22(23)9-13-35-24)25(28(40)37-15-6-12-34-14-19-37)29(41)38-17-10-31(32,33)11-18-38/h4-5,7-9,13,21,34H,6,10-12,14-20H2,1H3. The number of likely N-dealkylation sites (tertiary alicyclic amines) is 1. The second kappa shape index (κ2) is 11.5. The average molecular weight is 574 g/mol. The van der Waals surface area contributed by atoms with Crippen molar-refractivity contribution in [3.05, 3.63) is 64.5 Å². The van der Waals surface area contributed by atoms with Crippen LogP contribution in [0.5, 0.6) is 0 Å². The van der Waals surface area contributed by atoms with Crippen molar-refractivity contribution in [1.82, 2.24) is 29.3 Å². The molecule has 2 fully saturated rings. The van der Waals surface area contributed by atoms with Crippen molar-refractivity contribution in [2.45, 2.75) is 45.2 Å². The predicted molar refractivity (Wildman–Crippen MR) is 158 cm³/mol. The van der Waals surface area contributed by atoms with Crippen LogP contribution in [0.1, 0.15) is 42.2 Å². The number of nitrogens with zero attached hydrogens (tertiary/aromatic N) is 6. The summed E-state index contributed by atoms with van der Waals surface area (Å²) in [5, 5.41) is 5.34. The smallest absolute Gasteiger partial charge is 0.278 e. The van der Waals surface area contributed by atoms with Crippen LogP contribution in [-0.4, -0.2) is 75.1 Å². The number of hydrogen-bond acceptors (Lipinski definition) is 6. The third kappa shape index (κ3) is 5.23. The molecule has 2 aliphatic heterocycles. The highest BCUT2D eigenvalue weighted by atomic mass is 19.3. The maximum Gasteiger partial charge on any atom is 0.278 e. The van der Waals surface area contributed by atoms with E-state index >= 15 is 0 Å². The number of alkyl halides is 2. The lowest BCUT2D eigenvalue weighted by molar-refractivity contribution is -0.0493. The molecule has 6 rings (SSSR count). The summed E-state index contributed by atoms with van der Waals surface area (Å²) in [7, 11) is 0. The monoisotopic (exact) mass is 573 g/mol. The van der Waals surface area contributed by atoms with Crippen LogP contribution < -0.4 is 15.8 Å². The maximum atomic E-state index is 14.2. The number of aromatic nitrogens is 4. The van der Waals surface area contributed by atoms with Crippen LogP contribution in [0.4, 0.5) is 14.6 Å². The second-order valence-corrected chi connectivity index (χ2v) is 10.8. The number of benzene rings is 1. The van der Waals surface area contributed by atoms with E-state index in [0.29, 0.717) is 25.5 Å². The Morgan fingerprint density at radius 1 is 1.07 bits per heavy atom. The first-order valence-corrected chi connectivity index (χ1v) is 14.3. The SMILES string of the molecule is CC#CCn1c(N2CCCNCC2)c(C(=O)N2CCC(F)(F)CC2)c2ncn(Cc3nccc4ccccc34)c(=O)c21. The molecular formula is C31H33F2N7O2. The fourth-order valence-electron chi connectivity index (χ4n) is 5.92. The summed E-state index contributed by atoms with van der Waals surface area (Å²) in [6.07, 6.45) is 3.24. The Morgan fingerprint density at radius 3 is 2.69 bits per heavy atom. The number of halogens is 2. The zero-order valence-electron chi connectivity index (χ0n) is 23.6. The molecule has 5 heterocycles. The fraction of sp³-hybridized carbons (Fsp3) is 0.419. The van der Waals surface area contributed by atoms with E-state index in [9.17, 15) is 18.4 Å². The highest BCUT2D eigenvalue weighted by molar-refractivity contribution is 6.10. The van der Waals surface area contributed by atoms with Gasteiger partial charge in [0.2, 0.25) is 0 Å². The van der Waals surface area contributed by atoms with Crippen LogP contribution in [0.2, 0.25) is 0 Å². The molecule has 0 aliphatic carbocycles. The quantitative estimate of drug-likeness (QED) is 0.368. The molecule has 2 saturated heterocycles. The van der Waals surface area contributed by atoms with Crippen LogP contribution in [-0.2, 0) is 13.1 Å². The molecule has 42 heavy (non-hydrogen) atoms. The first kappa shape index (κ1) is 27.8. The van der Waals surface area contributed by atoms with Crippen LogP contribution >= 0.6 is 0 Å². The van der Waals surface area contributed by atoms with Gasteiger partial charge in [-0.1, -0.05) is 30.2 Å². The number of anilines is 1. The van der Waals surface area contributed by atoms with E-state index in [0.717, 1.165) is 29.4 Å². The molecule has 11 heteroatoms. The number of amides is 1. The number of carbonyl (C=O) groups excluding carboxylic acids is 1. The van der Waals surface area contributed by atoms with Crippen molar-refractivity contribution in [1.29, 1.82) is 0 Å². The Bertz CT molecular complexity index is 1740. The number of nitrogens with one attached hydrogen (secondary N) is 1. The van der Waals surface area contributed by atoms with Crippen LogP contribution in [0.25, 0.3) is 21.8 Å². The van der Waals surface area contributed by atoms with Crippen molar-refractivity contribution < 1.29 is 13.6 Å². The largest absolute Gasteiger partial charge is 0.356 e. The van der Waals surface area contributed by atoms with Gasteiger partial charge in [0.15, 0.2) is 0 Å².